The van der Waals surface area contributed by atoms with Crippen molar-refractivity contribution < 1.29 is 4.74 Å². The van der Waals surface area contributed by atoms with E-state index in [4.69, 9.17) is 4.74 Å². The van der Waals surface area contributed by atoms with Gasteiger partial charge in [-0.25, -0.2) is 0 Å². The standard InChI is InChI=1S/C15H15BrO/c1-17-11-14-5-3-2-4-13(14)10-12-6-8-15(16)9-7-12/h2-9H,10-11H2,1H3. The molecule has 17 heavy (non-hydrogen) atoms. The van der Waals surface area contributed by atoms with Crippen molar-refractivity contribution in [2.75, 3.05) is 7.11 Å². The molecule has 0 aromatic heterocycles. The Hall–Kier alpha value is -1.12. The Morgan fingerprint density at radius 1 is 0.941 bits per heavy atom. The van der Waals surface area contributed by atoms with E-state index in [-0.39, 0.29) is 0 Å². The second kappa shape index (κ2) is 5.99. The van der Waals surface area contributed by atoms with Gasteiger partial charge in [-0.3, -0.25) is 0 Å². The van der Waals surface area contributed by atoms with E-state index in [9.17, 15) is 0 Å². The molecule has 88 valence electrons. The summed E-state index contributed by atoms with van der Waals surface area (Å²) >= 11 is 3.45. The number of hydrogen-bond donors (Lipinski definition) is 0. The number of ether oxygens (including phenoxy) is 1. The van der Waals surface area contributed by atoms with Gasteiger partial charge in [0.25, 0.3) is 0 Å². The van der Waals surface area contributed by atoms with Crippen molar-refractivity contribution in [3.05, 3.63) is 69.7 Å². The molecule has 0 unspecified atom stereocenters. The van der Waals surface area contributed by atoms with Gasteiger partial charge in [0.1, 0.15) is 0 Å². The molecule has 2 rings (SSSR count). The largest absolute Gasteiger partial charge is 0.380 e. The number of benzene rings is 2. The SMILES string of the molecule is COCc1ccccc1Cc1ccc(Br)cc1. The monoisotopic (exact) mass is 290 g/mol. The Bertz CT molecular complexity index is 477. The van der Waals surface area contributed by atoms with E-state index in [0.717, 1.165) is 10.9 Å². The fourth-order valence-corrected chi connectivity index (χ4v) is 2.11. The summed E-state index contributed by atoms with van der Waals surface area (Å²) in [4.78, 5) is 0. The fourth-order valence-electron chi connectivity index (χ4n) is 1.85. The molecule has 1 nitrogen and oxygen atoms in total. The topological polar surface area (TPSA) is 9.23 Å². The molecule has 0 atom stereocenters. The average Bonchev–Trinajstić information content (AvgIpc) is 2.35. The lowest BCUT2D eigenvalue weighted by Crippen LogP contribution is -1.96. The molecule has 0 heterocycles. The van der Waals surface area contributed by atoms with Crippen molar-refractivity contribution in [3.8, 4) is 0 Å². The lowest BCUT2D eigenvalue weighted by atomic mass is 10.0. The van der Waals surface area contributed by atoms with E-state index in [1.54, 1.807) is 7.11 Å². The quantitative estimate of drug-likeness (QED) is 0.821. The summed E-state index contributed by atoms with van der Waals surface area (Å²) in [6.07, 6.45) is 0.951. The van der Waals surface area contributed by atoms with Gasteiger partial charge in [0.15, 0.2) is 0 Å². The van der Waals surface area contributed by atoms with Crippen LogP contribution in [0, 0.1) is 0 Å². The van der Waals surface area contributed by atoms with Gasteiger partial charge in [0.05, 0.1) is 6.61 Å². The number of rotatable bonds is 4. The molecule has 0 fully saturated rings. The first-order chi connectivity index (χ1) is 8.29. The summed E-state index contributed by atoms with van der Waals surface area (Å²) in [7, 11) is 1.73. The minimum Gasteiger partial charge on any atom is -0.380 e. The van der Waals surface area contributed by atoms with Crippen molar-refractivity contribution in [1.82, 2.24) is 0 Å². The minimum absolute atomic E-state index is 0.673. The zero-order valence-corrected chi connectivity index (χ0v) is 11.4. The lowest BCUT2D eigenvalue weighted by Gasteiger charge is -2.08. The van der Waals surface area contributed by atoms with Crippen LogP contribution in [-0.2, 0) is 17.8 Å². The van der Waals surface area contributed by atoms with Gasteiger partial charge in [-0.2, -0.15) is 0 Å². The predicted octanol–water partition coefficient (Wildman–Crippen LogP) is 4.19. The van der Waals surface area contributed by atoms with Crippen molar-refractivity contribution in [1.29, 1.82) is 0 Å². The number of halogens is 1. The Morgan fingerprint density at radius 3 is 2.24 bits per heavy atom. The summed E-state index contributed by atoms with van der Waals surface area (Å²) in [5.74, 6) is 0. The molecule has 0 N–H and O–H groups in total. The van der Waals surface area contributed by atoms with E-state index in [0.29, 0.717) is 6.61 Å². The van der Waals surface area contributed by atoms with E-state index in [2.05, 4.69) is 64.5 Å². The van der Waals surface area contributed by atoms with Crippen LogP contribution in [0.25, 0.3) is 0 Å². The van der Waals surface area contributed by atoms with Crippen molar-refractivity contribution in [2.45, 2.75) is 13.0 Å². The molecular formula is C15H15BrO. The molecular weight excluding hydrogens is 276 g/mol. The average molecular weight is 291 g/mol. The summed E-state index contributed by atoms with van der Waals surface area (Å²) < 4.78 is 6.33. The zero-order chi connectivity index (χ0) is 12.1. The summed E-state index contributed by atoms with van der Waals surface area (Å²) in [5.41, 5.74) is 3.91. The van der Waals surface area contributed by atoms with E-state index in [1.807, 2.05) is 0 Å². The van der Waals surface area contributed by atoms with Crippen LogP contribution in [0.1, 0.15) is 16.7 Å². The molecule has 0 aliphatic carbocycles. The maximum atomic E-state index is 5.22. The lowest BCUT2D eigenvalue weighted by molar-refractivity contribution is 0.184. The predicted molar refractivity (Wildman–Crippen MR) is 74.1 cm³/mol. The third kappa shape index (κ3) is 3.42. The van der Waals surface area contributed by atoms with E-state index >= 15 is 0 Å². The van der Waals surface area contributed by atoms with Crippen LogP contribution >= 0.6 is 15.9 Å². The second-order valence-corrected chi connectivity index (χ2v) is 4.92. The van der Waals surface area contributed by atoms with Gasteiger partial charge in [-0.05, 0) is 35.2 Å². The highest BCUT2D eigenvalue weighted by atomic mass is 79.9. The van der Waals surface area contributed by atoms with Gasteiger partial charge in [-0.15, -0.1) is 0 Å². The maximum Gasteiger partial charge on any atom is 0.0715 e. The molecule has 0 amide bonds. The molecule has 2 aromatic carbocycles. The Balaban J connectivity index is 2.20. The highest BCUT2D eigenvalue weighted by molar-refractivity contribution is 9.10. The number of methoxy groups -OCH3 is 1. The summed E-state index contributed by atoms with van der Waals surface area (Å²) in [6, 6.07) is 16.9. The van der Waals surface area contributed by atoms with Crippen LogP contribution in [0.4, 0.5) is 0 Å². The highest BCUT2D eigenvalue weighted by Crippen LogP contribution is 2.17. The van der Waals surface area contributed by atoms with Gasteiger partial charge in [0.2, 0.25) is 0 Å². The van der Waals surface area contributed by atoms with Crippen molar-refractivity contribution >= 4 is 15.9 Å². The van der Waals surface area contributed by atoms with Crippen molar-refractivity contribution in [3.63, 3.8) is 0 Å². The molecule has 0 saturated heterocycles. The molecule has 0 radical (unpaired) electrons. The van der Waals surface area contributed by atoms with Crippen molar-refractivity contribution in [2.24, 2.45) is 0 Å². The van der Waals surface area contributed by atoms with Crippen LogP contribution in [0.5, 0.6) is 0 Å². The van der Waals surface area contributed by atoms with Gasteiger partial charge < -0.3 is 4.74 Å². The van der Waals surface area contributed by atoms with Gasteiger partial charge in [0, 0.05) is 11.6 Å². The minimum atomic E-state index is 0.673. The molecule has 0 saturated carbocycles. The molecule has 0 bridgehead atoms. The molecule has 2 aromatic rings. The van der Waals surface area contributed by atoms with Crippen LogP contribution in [0.3, 0.4) is 0 Å². The third-order valence-corrected chi connectivity index (χ3v) is 3.25. The summed E-state index contributed by atoms with van der Waals surface area (Å²) in [6.45, 7) is 0.673. The van der Waals surface area contributed by atoms with Crippen LogP contribution in [0.2, 0.25) is 0 Å². The normalized spacial score (nSPS) is 10.5. The van der Waals surface area contributed by atoms with Gasteiger partial charge in [-0.1, -0.05) is 52.3 Å². The van der Waals surface area contributed by atoms with Crippen LogP contribution in [-0.4, -0.2) is 7.11 Å². The molecule has 0 spiro atoms. The zero-order valence-electron chi connectivity index (χ0n) is 9.82. The molecule has 0 aliphatic rings. The smallest absolute Gasteiger partial charge is 0.0715 e. The Labute approximate surface area is 111 Å². The Morgan fingerprint density at radius 2 is 1.59 bits per heavy atom. The van der Waals surface area contributed by atoms with E-state index < -0.39 is 0 Å². The summed E-state index contributed by atoms with van der Waals surface area (Å²) in [5, 5.41) is 0. The highest BCUT2D eigenvalue weighted by Gasteiger charge is 2.02. The Kier molecular flexibility index (Phi) is 4.35. The first-order valence-electron chi connectivity index (χ1n) is 5.60. The first-order valence-corrected chi connectivity index (χ1v) is 6.39. The van der Waals surface area contributed by atoms with Crippen LogP contribution < -0.4 is 0 Å². The van der Waals surface area contributed by atoms with Gasteiger partial charge >= 0.3 is 0 Å². The fraction of sp³-hybridized carbons (Fsp3) is 0.200. The second-order valence-electron chi connectivity index (χ2n) is 4.00. The van der Waals surface area contributed by atoms with Crippen LogP contribution in [0.15, 0.2) is 53.0 Å². The number of hydrogen-bond acceptors (Lipinski definition) is 1. The third-order valence-electron chi connectivity index (χ3n) is 2.73. The molecule has 2 heteroatoms. The molecule has 0 aliphatic heterocycles. The maximum absolute atomic E-state index is 5.22. The first kappa shape index (κ1) is 12.3. The van der Waals surface area contributed by atoms with E-state index in [1.165, 1.54) is 16.7 Å².